The van der Waals surface area contributed by atoms with Gasteiger partial charge in [0, 0.05) is 31.6 Å². The van der Waals surface area contributed by atoms with Gasteiger partial charge in [0.05, 0.1) is 12.7 Å². The van der Waals surface area contributed by atoms with Gasteiger partial charge < -0.3 is 19.7 Å². The maximum Gasteiger partial charge on any atom is 0.268 e. The summed E-state index contributed by atoms with van der Waals surface area (Å²) in [5.41, 5.74) is 1.58. The highest BCUT2D eigenvalue weighted by atomic mass is 16.5. The lowest BCUT2D eigenvalue weighted by Crippen LogP contribution is -2.35. The molecule has 102 valence electrons. The van der Waals surface area contributed by atoms with E-state index in [1.165, 1.54) is 7.11 Å². The lowest BCUT2D eigenvalue weighted by molar-refractivity contribution is 0.0608. The fourth-order valence-electron chi connectivity index (χ4n) is 2.06. The molecule has 2 rings (SSSR count). The summed E-state index contributed by atoms with van der Waals surface area (Å²) >= 11 is 0. The summed E-state index contributed by atoms with van der Waals surface area (Å²) in [6, 6.07) is 9.64. The number of aliphatic hydroxyl groups is 1. The van der Waals surface area contributed by atoms with Gasteiger partial charge in [-0.25, -0.2) is 0 Å². The van der Waals surface area contributed by atoms with E-state index in [9.17, 15) is 9.90 Å². The van der Waals surface area contributed by atoms with Crippen molar-refractivity contribution in [2.75, 3.05) is 20.3 Å². The highest BCUT2D eigenvalue weighted by Crippen LogP contribution is 2.17. The van der Waals surface area contributed by atoms with Crippen molar-refractivity contribution in [3.63, 3.8) is 0 Å². The summed E-state index contributed by atoms with van der Waals surface area (Å²) in [4.78, 5) is 12.1. The van der Waals surface area contributed by atoms with Crippen molar-refractivity contribution in [3.8, 4) is 0 Å². The predicted octanol–water partition coefficient (Wildman–Crippen LogP) is 0.915. The average molecular weight is 262 g/mol. The van der Waals surface area contributed by atoms with Crippen LogP contribution in [0.25, 0.3) is 10.9 Å². The Hall–Kier alpha value is -1.85. The highest BCUT2D eigenvalue weighted by Gasteiger charge is 2.14. The van der Waals surface area contributed by atoms with Crippen molar-refractivity contribution < 1.29 is 14.6 Å². The zero-order chi connectivity index (χ0) is 13.8. The Morgan fingerprint density at radius 1 is 1.47 bits per heavy atom. The molecule has 1 aromatic heterocycles. The van der Waals surface area contributed by atoms with Crippen molar-refractivity contribution in [2.24, 2.45) is 7.05 Å². The SMILES string of the molecule is COCC(O)CNC(=O)c1cc2ccccc2n1C. The van der Waals surface area contributed by atoms with E-state index in [0.29, 0.717) is 5.69 Å². The van der Waals surface area contributed by atoms with Gasteiger partial charge >= 0.3 is 0 Å². The number of rotatable bonds is 5. The van der Waals surface area contributed by atoms with E-state index >= 15 is 0 Å². The van der Waals surface area contributed by atoms with E-state index in [1.807, 2.05) is 41.9 Å². The predicted molar refractivity (Wildman–Crippen MR) is 73.1 cm³/mol. The van der Waals surface area contributed by atoms with Gasteiger partial charge in [-0.3, -0.25) is 4.79 Å². The molecule has 1 aromatic carbocycles. The Morgan fingerprint density at radius 3 is 2.89 bits per heavy atom. The van der Waals surface area contributed by atoms with Crippen molar-refractivity contribution in [2.45, 2.75) is 6.10 Å². The Balaban J connectivity index is 2.11. The Kier molecular flexibility index (Phi) is 4.19. The first-order valence-electron chi connectivity index (χ1n) is 6.13. The molecule has 5 nitrogen and oxygen atoms in total. The van der Waals surface area contributed by atoms with E-state index in [4.69, 9.17) is 4.74 Å². The lowest BCUT2D eigenvalue weighted by atomic mass is 10.2. The quantitative estimate of drug-likeness (QED) is 0.842. The molecule has 1 unspecified atom stereocenters. The van der Waals surface area contributed by atoms with Gasteiger partial charge in [0.15, 0.2) is 0 Å². The number of carbonyl (C=O) groups excluding carboxylic acids is 1. The molecule has 0 aliphatic carbocycles. The standard InChI is InChI=1S/C14H18N2O3/c1-16-12-6-4-3-5-10(12)7-13(16)14(18)15-8-11(17)9-19-2/h3-7,11,17H,8-9H2,1-2H3,(H,15,18). The first-order chi connectivity index (χ1) is 9.13. The normalized spacial score (nSPS) is 12.6. The third-order valence-corrected chi connectivity index (χ3v) is 3.04. The largest absolute Gasteiger partial charge is 0.389 e. The van der Waals surface area contributed by atoms with Gasteiger partial charge in [-0.05, 0) is 12.1 Å². The number of para-hydroxylation sites is 1. The molecule has 0 radical (unpaired) electrons. The first kappa shape index (κ1) is 13.6. The minimum Gasteiger partial charge on any atom is -0.389 e. The molecule has 1 heterocycles. The van der Waals surface area contributed by atoms with Crippen LogP contribution in [0, 0.1) is 0 Å². The molecule has 5 heteroatoms. The number of aromatic nitrogens is 1. The minimum absolute atomic E-state index is 0.175. The van der Waals surface area contributed by atoms with Crippen LogP contribution in [-0.4, -0.2) is 41.9 Å². The summed E-state index contributed by atoms with van der Waals surface area (Å²) < 4.78 is 6.65. The van der Waals surface area contributed by atoms with E-state index in [2.05, 4.69) is 5.32 Å². The number of aryl methyl sites for hydroxylation is 1. The molecule has 2 aromatic rings. The summed E-state index contributed by atoms with van der Waals surface area (Å²) in [6.45, 7) is 0.379. The topological polar surface area (TPSA) is 63.5 Å². The van der Waals surface area contributed by atoms with Crippen LogP contribution in [-0.2, 0) is 11.8 Å². The number of amides is 1. The molecular formula is C14H18N2O3. The number of hydrogen-bond acceptors (Lipinski definition) is 3. The molecule has 0 aliphatic heterocycles. The molecule has 0 fully saturated rings. The monoisotopic (exact) mass is 262 g/mol. The lowest BCUT2D eigenvalue weighted by Gasteiger charge is -2.11. The Labute approximate surface area is 111 Å². The number of benzene rings is 1. The second-order valence-corrected chi connectivity index (χ2v) is 4.47. The molecular weight excluding hydrogens is 244 g/mol. The van der Waals surface area contributed by atoms with Crippen LogP contribution in [0.3, 0.4) is 0 Å². The van der Waals surface area contributed by atoms with Crippen LogP contribution < -0.4 is 5.32 Å². The molecule has 0 spiro atoms. The third kappa shape index (κ3) is 2.94. The maximum atomic E-state index is 12.1. The van der Waals surface area contributed by atoms with Gasteiger partial charge in [0.25, 0.3) is 5.91 Å². The second kappa shape index (κ2) is 5.86. The zero-order valence-electron chi connectivity index (χ0n) is 11.1. The number of aliphatic hydroxyl groups excluding tert-OH is 1. The number of nitrogens with zero attached hydrogens (tertiary/aromatic N) is 1. The number of hydrogen-bond donors (Lipinski definition) is 2. The number of ether oxygens (including phenoxy) is 1. The number of nitrogens with one attached hydrogen (secondary N) is 1. The van der Waals surface area contributed by atoms with Crippen LogP contribution >= 0.6 is 0 Å². The highest BCUT2D eigenvalue weighted by molar-refractivity contribution is 5.98. The van der Waals surface area contributed by atoms with Gasteiger partial charge in [-0.15, -0.1) is 0 Å². The fraction of sp³-hybridized carbons (Fsp3) is 0.357. The van der Waals surface area contributed by atoms with Gasteiger partial charge in [0.1, 0.15) is 5.69 Å². The summed E-state index contributed by atoms with van der Waals surface area (Å²) in [5.74, 6) is -0.200. The average Bonchev–Trinajstić information content (AvgIpc) is 2.74. The van der Waals surface area contributed by atoms with Crippen molar-refractivity contribution >= 4 is 16.8 Å². The molecule has 0 saturated heterocycles. The molecule has 2 N–H and O–H groups in total. The Bertz CT molecular complexity index is 577. The minimum atomic E-state index is -0.691. The summed E-state index contributed by atoms with van der Waals surface area (Å²) in [6.07, 6.45) is -0.691. The molecule has 0 saturated carbocycles. The zero-order valence-corrected chi connectivity index (χ0v) is 11.1. The van der Waals surface area contributed by atoms with E-state index in [-0.39, 0.29) is 19.1 Å². The number of methoxy groups -OCH3 is 1. The smallest absolute Gasteiger partial charge is 0.268 e. The molecule has 19 heavy (non-hydrogen) atoms. The maximum absolute atomic E-state index is 12.1. The second-order valence-electron chi connectivity index (χ2n) is 4.47. The van der Waals surface area contributed by atoms with Crippen molar-refractivity contribution in [1.82, 2.24) is 9.88 Å². The molecule has 0 aliphatic rings. The number of carbonyl (C=O) groups is 1. The summed E-state index contributed by atoms with van der Waals surface area (Å²) in [5, 5.41) is 13.2. The van der Waals surface area contributed by atoms with Crippen LogP contribution in [0.2, 0.25) is 0 Å². The van der Waals surface area contributed by atoms with Gasteiger partial charge in [0.2, 0.25) is 0 Å². The third-order valence-electron chi connectivity index (χ3n) is 3.04. The fourth-order valence-corrected chi connectivity index (χ4v) is 2.06. The van der Waals surface area contributed by atoms with Crippen LogP contribution in [0.4, 0.5) is 0 Å². The molecule has 1 amide bonds. The van der Waals surface area contributed by atoms with E-state index < -0.39 is 6.10 Å². The molecule has 1 atom stereocenters. The van der Waals surface area contributed by atoms with Crippen molar-refractivity contribution in [1.29, 1.82) is 0 Å². The first-order valence-corrected chi connectivity index (χ1v) is 6.13. The van der Waals surface area contributed by atoms with Gasteiger partial charge in [-0.2, -0.15) is 0 Å². The van der Waals surface area contributed by atoms with Crippen molar-refractivity contribution in [3.05, 3.63) is 36.0 Å². The number of fused-ring (bicyclic) bond motifs is 1. The van der Waals surface area contributed by atoms with Crippen LogP contribution in [0.5, 0.6) is 0 Å². The Morgan fingerprint density at radius 2 is 2.21 bits per heavy atom. The van der Waals surface area contributed by atoms with Crippen LogP contribution in [0.1, 0.15) is 10.5 Å². The molecule has 0 bridgehead atoms. The van der Waals surface area contributed by atoms with Crippen LogP contribution in [0.15, 0.2) is 30.3 Å². The van der Waals surface area contributed by atoms with E-state index in [1.54, 1.807) is 0 Å². The van der Waals surface area contributed by atoms with E-state index in [0.717, 1.165) is 10.9 Å². The summed E-state index contributed by atoms with van der Waals surface area (Å²) in [7, 11) is 3.36. The van der Waals surface area contributed by atoms with Gasteiger partial charge in [-0.1, -0.05) is 18.2 Å².